The van der Waals surface area contributed by atoms with Crippen LogP contribution in [-0.4, -0.2) is 84.0 Å². The molecule has 0 aliphatic carbocycles. The highest BCUT2D eigenvalue weighted by Gasteiger charge is 2.39. The number of carbonyl (C=O) groups is 2. The molecule has 7 nitrogen and oxygen atoms in total. The number of ether oxygens (including phenoxy) is 1. The number of hydrogen-bond acceptors (Lipinski definition) is 5. The summed E-state index contributed by atoms with van der Waals surface area (Å²) >= 11 is 0. The lowest BCUT2D eigenvalue weighted by atomic mass is 9.98. The number of hydrogen-bond donors (Lipinski definition) is 0. The smallest absolute Gasteiger partial charge is 0.248 e. The summed E-state index contributed by atoms with van der Waals surface area (Å²) in [5, 5.41) is 0. The first-order valence-corrected chi connectivity index (χ1v) is 8.77. The number of amides is 2. The van der Waals surface area contributed by atoms with Gasteiger partial charge in [-0.3, -0.25) is 14.6 Å². The number of pyridine rings is 1. The number of rotatable bonds is 5. The van der Waals surface area contributed by atoms with Crippen LogP contribution < -0.4 is 0 Å². The molecule has 0 aromatic carbocycles. The number of likely N-dealkylation sites (N-methyl/N-ethyl adjacent to an activating group) is 1. The summed E-state index contributed by atoms with van der Waals surface area (Å²) in [5.41, 5.74) is 1.14. The topological polar surface area (TPSA) is 66.0 Å². The third-order valence-electron chi connectivity index (χ3n) is 5.07. The number of likely N-dealkylation sites (tertiary alicyclic amines) is 1. The highest BCUT2D eigenvalue weighted by molar-refractivity contribution is 5.79. The monoisotopic (exact) mass is 346 g/mol. The molecule has 2 fully saturated rings. The number of morpholine rings is 1. The molecule has 1 aromatic rings. The second kappa shape index (κ2) is 7.93. The van der Waals surface area contributed by atoms with Crippen LogP contribution in [0.2, 0.25) is 0 Å². The first-order valence-electron chi connectivity index (χ1n) is 8.77. The highest BCUT2D eigenvalue weighted by atomic mass is 16.5. The molecule has 3 heterocycles. The summed E-state index contributed by atoms with van der Waals surface area (Å²) in [5.74, 6) is 0.134. The minimum atomic E-state index is -0.0212. The number of aromatic nitrogens is 1. The largest absolute Gasteiger partial charge is 0.366 e. The van der Waals surface area contributed by atoms with Crippen molar-refractivity contribution < 1.29 is 14.3 Å². The molecule has 7 heteroatoms. The summed E-state index contributed by atoms with van der Waals surface area (Å²) in [6, 6.07) is 3.93. The maximum absolute atomic E-state index is 12.6. The molecule has 2 aliphatic rings. The molecular formula is C18H26N4O3. The van der Waals surface area contributed by atoms with Crippen LogP contribution in [0.15, 0.2) is 24.5 Å². The van der Waals surface area contributed by atoms with Crippen molar-refractivity contribution in [1.29, 1.82) is 0 Å². The van der Waals surface area contributed by atoms with E-state index in [0.29, 0.717) is 26.1 Å². The molecule has 1 aromatic heterocycles. The summed E-state index contributed by atoms with van der Waals surface area (Å²) in [4.78, 5) is 34.2. The molecule has 0 bridgehead atoms. The van der Waals surface area contributed by atoms with Crippen molar-refractivity contribution in [3.8, 4) is 0 Å². The minimum absolute atomic E-state index is 0.00764. The molecule has 0 N–H and O–H groups in total. The first-order chi connectivity index (χ1) is 12.0. The molecular weight excluding hydrogens is 320 g/mol. The third kappa shape index (κ3) is 4.35. The Morgan fingerprint density at radius 2 is 2.32 bits per heavy atom. The van der Waals surface area contributed by atoms with Crippen molar-refractivity contribution >= 4 is 11.8 Å². The van der Waals surface area contributed by atoms with E-state index in [1.807, 2.05) is 30.3 Å². The van der Waals surface area contributed by atoms with Gasteiger partial charge in [-0.05, 0) is 25.1 Å². The molecule has 25 heavy (non-hydrogen) atoms. The Balaban J connectivity index is 1.47. The van der Waals surface area contributed by atoms with Gasteiger partial charge in [0, 0.05) is 52.0 Å². The van der Waals surface area contributed by atoms with E-state index in [4.69, 9.17) is 4.74 Å². The number of fused-ring (bicyclic) bond motifs is 1. The molecule has 0 saturated carbocycles. The van der Waals surface area contributed by atoms with E-state index in [1.165, 1.54) is 0 Å². The Morgan fingerprint density at radius 3 is 3.08 bits per heavy atom. The Morgan fingerprint density at radius 1 is 1.48 bits per heavy atom. The molecule has 3 rings (SSSR count). The third-order valence-corrected chi connectivity index (χ3v) is 5.07. The van der Waals surface area contributed by atoms with Gasteiger partial charge in [-0.1, -0.05) is 6.07 Å². The standard InChI is InChI=1S/C18H26N4O3/c1-20(11-14-4-3-7-19-10-14)8-6-17(23)22-9-5-16-15(12-22)21(2)18(24)13-25-16/h3-4,7,10,15-16H,5-6,8-9,11-13H2,1-2H3/t15-,16+/m0/s1. The maximum atomic E-state index is 12.6. The van der Waals surface area contributed by atoms with Crippen LogP contribution in [0.1, 0.15) is 18.4 Å². The van der Waals surface area contributed by atoms with Crippen molar-refractivity contribution in [3.63, 3.8) is 0 Å². The van der Waals surface area contributed by atoms with Crippen molar-refractivity contribution in [2.24, 2.45) is 0 Å². The van der Waals surface area contributed by atoms with E-state index in [-0.39, 0.29) is 30.6 Å². The van der Waals surface area contributed by atoms with Gasteiger partial charge in [0.2, 0.25) is 11.8 Å². The van der Waals surface area contributed by atoms with Crippen molar-refractivity contribution in [1.82, 2.24) is 19.7 Å². The SMILES string of the molecule is CN(CCC(=O)N1CC[C@H]2OCC(=O)N(C)[C@H]2C1)Cc1cccnc1. The fraction of sp³-hybridized carbons (Fsp3) is 0.611. The van der Waals surface area contributed by atoms with Gasteiger partial charge in [-0.2, -0.15) is 0 Å². The van der Waals surface area contributed by atoms with Crippen LogP contribution in [-0.2, 0) is 20.9 Å². The number of nitrogens with zero attached hydrogens (tertiary/aromatic N) is 4. The average molecular weight is 346 g/mol. The Bertz CT molecular complexity index is 610. The van der Waals surface area contributed by atoms with E-state index in [1.54, 1.807) is 18.1 Å². The molecule has 2 amide bonds. The zero-order valence-corrected chi connectivity index (χ0v) is 14.9. The van der Waals surface area contributed by atoms with E-state index in [9.17, 15) is 9.59 Å². The van der Waals surface area contributed by atoms with Gasteiger partial charge >= 0.3 is 0 Å². The molecule has 2 aliphatic heterocycles. The predicted octanol–water partition coefficient (Wildman–Crippen LogP) is 0.362. The predicted molar refractivity (Wildman–Crippen MR) is 92.7 cm³/mol. The minimum Gasteiger partial charge on any atom is -0.366 e. The van der Waals surface area contributed by atoms with Crippen LogP contribution in [0.4, 0.5) is 0 Å². The van der Waals surface area contributed by atoms with Gasteiger partial charge in [-0.15, -0.1) is 0 Å². The normalized spacial score (nSPS) is 23.7. The molecule has 2 saturated heterocycles. The van der Waals surface area contributed by atoms with E-state index in [2.05, 4.69) is 9.88 Å². The van der Waals surface area contributed by atoms with Gasteiger partial charge in [0.05, 0.1) is 12.1 Å². The number of carbonyl (C=O) groups excluding carboxylic acids is 2. The van der Waals surface area contributed by atoms with Crippen molar-refractivity contribution in [2.75, 3.05) is 40.3 Å². The lowest BCUT2D eigenvalue weighted by Gasteiger charge is -2.45. The fourth-order valence-corrected chi connectivity index (χ4v) is 3.50. The van der Waals surface area contributed by atoms with Gasteiger partial charge in [0.25, 0.3) is 0 Å². The van der Waals surface area contributed by atoms with Gasteiger partial charge in [0.15, 0.2) is 0 Å². The van der Waals surface area contributed by atoms with Crippen molar-refractivity contribution in [3.05, 3.63) is 30.1 Å². The van der Waals surface area contributed by atoms with Crippen LogP contribution >= 0.6 is 0 Å². The Hall–Kier alpha value is -1.99. The van der Waals surface area contributed by atoms with Crippen LogP contribution in [0.25, 0.3) is 0 Å². The average Bonchev–Trinajstić information content (AvgIpc) is 2.63. The summed E-state index contributed by atoms with van der Waals surface area (Å²) in [6.07, 6.45) is 4.93. The number of piperidine rings is 1. The van der Waals surface area contributed by atoms with E-state index >= 15 is 0 Å². The maximum Gasteiger partial charge on any atom is 0.248 e. The lowest BCUT2D eigenvalue weighted by Crippen LogP contribution is -2.61. The Labute approximate surface area is 148 Å². The second-order valence-corrected chi connectivity index (χ2v) is 6.90. The molecule has 0 unspecified atom stereocenters. The summed E-state index contributed by atoms with van der Waals surface area (Å²) in [7, 11) is 3.81. The van der Waals surface area contributed by atoms with Gasteiger partial charge in [-0.25, -0.2) is 0 Å². The second-order valence-electron chi connectivity index (χ2n) is 6.90. The summed E-state index contributed by atoms with van der Waals surface area (Å²) in [6.45, 7) is 2.90. The van der Waals surface area contributed by atoms with Crippen molar-refractivity contribution in [2.45, 2.75) is 31.5 Å². The summed E-state index contributed by atoms with van der Waals surface area (Å²) < 4.78 is 5.61. The van der Waals surface area contributed by atoms with Gasteiger partial charge < -0.3 is 19.4 Å². The first kappa shape index (κ1) is 17.8. The fourth-order valence-electron chi connectivity index (χ4n) is 3.50. The lowest BCUT2D eigenvalue weighted by molar-refractivity contribution is -0.163. The quantitative estimate of drug-likeness (QED) is 0.770. The molecule has 0 radical (unpaired) electrons. The zero-order chi connectivity index (χ0) is 17.8. The molecule has 0 spiro atoms. The molecule has 136 valence electrons. The van der Waals surface area contributed by atoms with Crippen LogP contribution in [0.3, 0.4) is 0 Å². The Kier molecular flexibility index (Phi) is 5.65. The van der Waals surface area contributed by atoms with Crippen LogP contribution in [0, 0.1) is 0 Å². The zero-order valence-electron chi connectivity index (χ0n) is 14.9. The van der Waals surface area contributed by atoms with E-state index < -0.39 is 0 Å². The van der Waals surface area contributed by atoms with Gasteiger partial charge in [0.1, 0.15) is 6.61 Å². The van der Waals surface area contributed by atoms with Crippen LogP contribution in [0.5, 0.6) is 0 Å². The highest BCUT2D eigenvalue weighted by Crippen LogP contribution is 2.23. The van der Waals surface area contributed by atoms with E-state index in [0.717, 1.165) is 18.5 Å². The molecule has 2 atom stereocenters.